The van der Waals surface area contributed by atoms with E-state index in [4.69, 9.17) is 5.73 Å². The van der Waals surface area contributed by atoms with Crippen molar-refractivity contribution in [1.29, 1.82) is 0 Å². The van der Waals surface area contributed by atoms with Crippen molar-refractivity contribution in [1.82, 2.24) is 9.97 Å². The topological polar surface area (TPSA) is 55.0 Å². The molecule has 0 atom stereocenters. The van der Waals surface area contributed by atoms with Gasteiger partial charge in [-0.25, -0.2) is 4.98 Å². The van der Waals surface area contributed by atoms with Crippen LogP contribution >= 0.6 is 24.8 Å². The van der Waals surface area contributed by atoms with Gasteiger partial charge in [-0.1, -0.05) is 0 Å². The predicted molar refractivity (Wildman–Crippen MR) is 58.7 cm³/mol. The second-order valence-corrected chi connectivity index (χ2v) is 2.46. The summed E-state index contributed by atoms with van der Waals surface area (Å²) in [5.74, 6) is 0.849. The van der Waals surface area contributed by atoms with Crippen molar-refractivity contribution in [3.8, 4) is 0 Å². The summed E-state index contributed by atoms with van der Waals surface area (Å²) in [6, 6.07) is 0. The molecule has 4 nitrogen and oxygen atoms in total. The van der Waals surface area contributed by atoms with Crippen molar-refractivity contribution < 1.29 is 0 Å². The minimum Gasteiger partial charge on any atom is -0.361 e. The van der Waals surface area contributed by atoms with Gasteiger partial charge in [0.25, 0.3) is 0 Å². The summed E-state index contributed by atoms with van der Waals surface area (Å²) < 4.78 is 0. The van der Waals surface area contributed by atoms with Crippen LogP contribution in [0.1, 0.15) is 5.69 Å². The maximum absolute atomic E-state index is 5.36. The first-order chi connectivity index (χ1) is 5.24. The van der Waals surface area contributed by atoms with Crippen LogP contribution in [0.5, 0.6) is 0 Å². The van der Waals surface area contributed by atoms with Crippen molar-refractivity contribution in [3.63, 3.8) is 0 Å². The minimum absolute atomic E-state index is 0. The Kier molecular flexibility index (Phi) is 7.90. The van der Waals surface area contributed by atoms with Crippen LogP contribution in [-0.4, -0.2) is 24.1 Å². The fourth-order valence-corrected chi connectivity index (χ4v) is 0.684. The maximum Gasteiger partial charge on any atom is 0.146 e. The summed E-state index contributed by atoms with van der Waals surface area (Å²) in [5.41, 5.74) is 6.18. The van der Waals surface area contributed by atoms with Crippen LogP contribution < -0.4 is 10.6 Å². The van der Waals surface area contributed by atoms with E-state index in [1.165, 1.54) is 0 Å². The lowest BCUT2D eigenvalue weighted by Crippen LogP contribution is -2.11. The van der Waals surface area contributed by atoms with Gasteiger partial charge in [0.05, 0.1) is 18.1 Å². The lowest BCUT2D eigenvalue weighted by Gasteiger charge is -2.09. The predicted octanol–water partition coefficient (Wildman–Crippen LogP) is 0.845. The van der Waals surface area contributed by atoms with Crippen LogP contribution in [0.2, 0.25) is 0 Å². The smallest absolute Gasteiger partial charge is 0.146 e. The zero-order valence-electron chi connectivity index (χ0n) is 7.60. The standard InChI is InChI=1S/C7H12N4.2ClH/c1-11(2)7-5-9-6(3-8)4-10-7;;/h4-5H,3,8H2,1-2H3;2*1H. The number of aromatic nitrogens is 2. The number of halogens is 2. The normalized spacial score (nSPS) is 8.23. The molecule has 0 aliphatic rings. The molecule has 1 aromatic rings. The molecule has 0 radical (unpaired) electrons. The molecule has 6 heteroatoms. The van der Waals surface area contributed by atoms with Gasteiger partial charge in [0, 0.05) is 20.6 Å². The fourth-order valence-electron chi connectivity index (χ4n) is 0.684. The van der Waals surface area contributed by atoms with Gasteiger partial charge in [-0.05, 0) is 0 Å². The average Bonchev–Trinajstić information content (AvgIpc) is 2.05. The van der Waals surface area contributed by atoms with Gasteiger partial charge in [-0.15, -0.1) is 24.8 Å². The Hall–Kier alpha value is -0.580. The van der Waals surface area contributed by atoms with Gasteiger partial charge < -0.3 is 10.6 Å². The van der Waals surface area contributed by atoms with E-state index in [1.54, 1.807) is 12.4 Å². The summed E-state index contributed by atoms with van der Waals surface area (Å²) in [6.07, 6.45) is 3.40. The van der Waals surface area contributed by atoms with Gasteiger partial charge >= 0.3 is 0 Å². The fraction of sp³-hybridized carbons (Fsp3) is 0.429. The molecular weight excluding hydrogens is 211 g/mol. The molecule has 0 spiro atoms. The summed E-state index contributed by atoms with van der Waals surface area (Å²) >= 11 is 0. The third kappa shape index (κ3) is 4.26. The Balaban J connectivity index is 0. The number of anilines is 1. The van der Waals surface area contributed by atoms with E-state index in [9.17, 15) is 0 Å². The average molecular weight is 225 g/mol. The van der Waals surface area contributed by atoms with E-state index in [2.05, 4.69) is 9.97 Å². The molecular formula is C7H14Cl2N4. The first-order valence-electron chi connectivity index (χ1n) is 3.42. The van der Waals surface area contributed by atoms with E-state index in [-0.39, 0.29) is 24.8 Å². The molecule has 0 saturated carbocycles. The number of nitrogens with zero attached hydrogens (tertiary/aromatic N) is 3. The summed E-state index contributed by atoms with van der Waals surface area (Å²) in [6.45, 7) is 0.445. The van der Waals surface area contributed by atoms with Gasteiger partial charge in [0.1, 0.15) is 5.82 Å². The highest BCUT2D eigenvalue weighted by Crippen LogP contribution is 2.02. The first-order valence-corrected chi connectivity index (χ1v) is 3.42. The van der Waals surface area contributed by atoms with Crippen LogP contribution in [0.15, 0.2) is 12.4 Å². The van der Waals surface area contributed by atoms with Crippen LogP contribution in [0.3, 0.4) is 0 Å². The molecule has 1 aromatic heterocycles. The zero-order chi connectivity index (χ0) is 8.27. The molecule has 0 amide bonds. The highest BCUT2D eigenvalue weighted by molar-refractivity contribution is 5.85. The van der Waals surface area contributed by atoms with Crippen LogP contribution in [0.25, 0.3) is 0 Å². The van der Waals surface area contributed by atoms with E-state index < -0.39 is 0 Å². The van der Waals surface area contributed by atoms with Crippen molar-refractivity contribution in [3.05, 3.63) is 18.1 Å². The zero-order valence-corrected chi connectivity index (χ0v) is 9.23. The molecule has 0 aliphatic carbocycles. The van der Waals surface area contributed by atoms with Crippen LogP contribution in [0.4, 0.5) is 5.82 Å². The van der Waals surface area contributed by atoms with Crippen LogP contribution in [0, 0.1) is 0 Å². The second kappa shape index (κ2) is 6.88. The molecule has 13 heavy (non-hydrogen) atoms. The highest BCUT2D eigenvalue weighted by atomic mass is 35.5. The van der Waals surface area contributed by atoms with Crippen molar-refractivity contribution in [2.75, 3.05) is 19.0 Å². The molecule has 76 valence electrons. The number of rotatable bonds is 2. The Labute approximate surface area is 90.4 Å². The van der Waals surface area contributed by atoms with E-state index in [0.29, 0.717) is 6.54 Å². The largest absolute Gasteiger partial charge is 0.361 e. The Bertz CT molecular complexity index is 224. The molecule has 0 fully saturated rings. The summed E-state index contributed by atoms with van der Waals surface area (Å²) in [4.78, 5) is 10.1. The van der Waals surface area contributed by atoms with Gasteiger partial charge in [0.2, 0.25) is 0 Å². The molecule has 0 aliphatic heterocycles. The molecule has 0 aromatic carbocycles. The molecule has 0 unspecified atom stereocenters. The lowest BCUT2D eigenvalue weighted by atomic mass is 10.4. The lowest BCUT2D eigenvalue weighted by molar-refractivity contribution is 0.943. The summed E-state index contributed by atoms with van der Waals surface area (Å²) in [7, 11) is 3.85. The molecule has 1 rings (SSSR count). The Morgan fingerprint density at radius 3 is 2.15 bits per heavy atom. The molecule has 0 bridgehead atoms. The number of hydrogen-bond acceptors (Lipinski definition) is 4. The third-order valence-electron chi connectivity index (χ3n) is 1.36. The SMILES string of the molecule is CN(C)c1cnc(CN)cn1.Cl.Cl. The molecule has 0 saturated heterocycles. The third-order valence-corrected chi connectivity index (χ3v) is 1.36. The molecule has 1 heterocycles. The Morgan fingerprint density at radius 1 is 1.23 bits per heavy atom. The van der Waals surface area contributed by atoms with Gasteiger partial charge in [-0.2, -0.15) is 0 Å². The summed E-state index contributed by atoms with van der Waals surface area (Å²) in [5, 5.41) is 0. The monoisotopic (exact) mass is 224 g/mol. The van der Waals surface area contributed by atoms with E-state index in [0.717, 1.165) is 11.5 Å². The highest BCUT2D eigenvalue weighted by Gasteiger charge is 1.96. The Morgan fingerprint density at radius 2 is 1.85 bits per heavy atom. The minimum atomic E-state index is 0. The van der Waals surface area contributed by atoms with Crippen molar-refractivity contribution >= 4 is 30.6 Å². The maximum atomic E-state index is 5.36. The quantitative estimate of drug-likeness (QED) is 0.810. The van der Waals surface area contributed by atoms with Gasteiger partial charge in [0.15, 0.2) is 0 Å². The van der Waals surface area contributed by atoms with E-state index in [1.807, 2.05) is 19.0 Å². The van der Waals surface area contributed by atoms with Gasteiger partial charge in [-0.3, -0.25) is 4.98 Å². The van der Waals surface area contributed by atoms with Crippen LogP contribution in [-0.2, 0) is 6.54 Å². The van der Waals surface area contributed by atoms with E-state index >= 15 is 0 Å². The van der Waals surface area contributed by atoms with Crippen molar-refractivity contribution in [2.45, 2.75) is 6.54 Å². The first kappa shape index (κ1) is 14.9. The number of nitrogens with two attached hydrogens (primary N) is 1. The number of hydrogen-bond donors (Lipinski definition) is 1. The second-order valence-electron chi connectivity index (χ2n) is 2.46. The molecule has 2 N–H and O–H groups in total. The van der Waals surface area contributed by atoms with Crippen molar-refractivity contribution in [2.24, 2.45) is 5.73 Å².